The van der Waals surface area contributed by atoms with Crippen LogP contribution in [0.3, 0.4) is 0 Å². The lowest BCUT2D eigenvalue weighted by Crippen LogP contribution is -2.64. The Morgan fingerprint density at radius 2 is 1.48 bits per heavy atom. The smallest absolute Gasteiger partial charge is 0.261 e. The van der Waals surface area contributed by atoms with E-state index in [2.05, 4.69) is 36.0 Å². The highest BCUT2D eigenvalue weighted by atomic mass is 32.2. The molecule has 0 bridgehead atoms. The van der Waals surface area contributed by atoms with Crippen molar-refractivity contribution in [3.05, 3.63) is 84.1 Å². The summed E-state index contributed by atoms with van der Waals surface area (Å²) in [5.74, 6) is -11.2. The highest BCUT2D eigenvalue weighted by molar-refractivity contribution is 7.90. The van der Waals surface area contributed by atoms with Crippen LogP contribution in [0.4, 0.5) is 0 Å². The second-order valence-corrected chi connectivity index (χ2v) is 24.0. The first-order valence-electron chi connectivity index (χ1n) is 29.4. The van der Waals surface area contributed by atoms with E-state index >= 15 is 0 Å². The van der Waals surface area contributed by atoms with Crippen LogP contribution >= 0.6 is 23.7 Å². The molecule has 3 saturated heterocycles. The number of carbonyl (C=O) groups is 8. The molecule has 3 aromatic carbocycles. The van der Waals surface area contributed by atoms with E-state index in [-0.39, 0.29) is 23.5 Å². The van der Waals surface area contributed by atoms with E-state index in [4.69, 9.17) is 34.7 Å². The molecular formula is C58H73N11O22S2. The number of nitrogens with two attached hydrogens (primary N) is 1. The van der Waals surface area contributed by atoms with Gasteiger partial charge in [-0.05, 0) is 80.3 Å². The van der Waals surface area contributed by atoms with Gasteiger partial charge in [-0.25, -0.2) is 14.8 Å². The average molecular weight is 1340 g/mol. The Hall–Kier alpha value is -8.17. The van der Waals surface area contributed by atoms with Crippen molar-refractivity contribution in [2.75, 3.05) is 40.0 Å². The Morgan fingerprint density at radius 3 is 2.16 bits per heavy atom. The molecule has 2 aromatic heterocycles. The predicted octanol–water partition coefficient (Wildman–Crippen LogP) is -2.30. The van der Waals surface area contributed by atoms with Gasteiger partial charge in [0.1, 0.15) is 59.2 Å². The van der Waals surface area contributed by atoms with Gasteiger partial charge >= 0.3 is 0 Å². The zero-order chi connectivity index (χ0) is 67.4. The molecule has 3 aliphatic rings. The minimum Gasteiger partial charge on any atom is -0.504 e. The summed E-state index contributed by atoms with van der Waals surface area (Å²) in [6.07, 6.45) is -11.6. The zero-order valence-corrected chi connectivity index (χ0v) is 51.9. The maximum absolute atomic E-state index is 14.7. The number of methoxy groups -OCH3 is 1. The van der Waals surface area contributed by atoms with Gasteiger partial charge in [0.05, 0.1) is 55.4 Å². The quantitative estimate of drug-likeness (QED) is 0.0150. The van der Waals surface area contributed by atoms with Crippen LogP contribution in [0.15, 0.2) is 72.9 Å². The summed E-state index contributed by atoms with van der Waals surface area (Å²) in [6, 6.07) is 4.16. The molecule has 0 saturated carbocycles. The van der Waals surface area contributed by atoms with Gasteiger partial charge in [0.2, 0.25) is 46.3 Å². The molecule has 93 heavy (non-hydrogen) atoms. The Morgan fingerprint density at radius 1 is 0.806 bits per heavy atom. The molecule has 504 valence electrons. The topological polar surface area (TPSA) is 488 Å². The number of hydrogen-bond donors (Lipinski definition) is 15. The number of aromatic hydroxyl groups is 1. The number of carbonyl (C=O) groups excluding carboxylic acids is 8. The summed E-state index contributed by atoms with van der Waals surface area (Å²) < 4.78 is 21.8. The molecule has 8 amide bonds. The molecule has 3 aliphatic heterocycles. The minimum absolute atomic E-state index is 0.0159. The van der Waals surface area contributed by atoms with Gasteiger partial charge in [-0.1, -0.05) is 45.8 Å². The van der Waals surface area contributed by atoms with Crippen molar-refractivity contribution in [1.29, 1.82) is 0 Å². The van der Waals surface area contributed by atoms with Crippen molar-refractivity contribution in [2.45, 2.75) is 131 Å². The fourth-order valence-corrected chi connectivity index (χ4v) is 12.0. The van der Waals surface area contributed by atoms with Crippen LogP contribution in [0.1, 0.15) is 74.4 Å². The number of benzene rings is 3. The second-order valence-electron chi connectivity index (χ2n) is 22.6. The van der Waals surface area contributed by atoms with Crippen LogP contribution in [0.2, 0.25) is 0 Å². The molecule has 16 N–H and O–H groups in total. The number of imidazole rings is 1. The number of amides is 8. The number of fused-ring (bicyclic) bond motifs is 3. The third-order valence-electron chi connectivity index (χ3n) is 15.8. The molecule has 35 heteroatoms. The monoisotopic (exact) mass is 1340 g/mol. The standard InChI is InChI=1S/C58H73N11O22S2/c1-27-24-68-46(47(27)76)54(83)60-23-33(71)20-36(61-50(79)30-9-7-29(8-10-30)37-26-69-58(62-37)92-55(66-69)31-11-14-35(15-12-31)88-18-6-4-5-17-87-3)51(80)63-43(28(2)70)56(84)67-25-34(72)21-38(67)52(81)65-45(53(82)64-44(57(68)85)40(74)22-42(59)75)49(78)48(77)32-13-16-39(73)41(19-32)89-93-91-90-86/h7-16,19,26-28,33-34,36,38,40,43-49,70-74,76-78,86H,4-6,17-18,20-25H2,1-3H3,(H2,59,75)(H,60,83)(H,61,79)(H,63,80)(H,64,82)(H,65,81)/t27?,28?,33?,34?,36-,38?,40?,43?,44?,45?,46?,47?,48?,49?/m0/s1. The number of nitrogens with one attached hydrogen (secondary N) is 5. The average Bonchev–Trinajstić information content (AvgIpc) is 1.73. The van der Waals surface area contributed by atoms with Crippen molar-refractivity contribution in [3.63, 3.8) is 0 Å². The molecule has 13 unspecified atom stereocenters. The molecule has 0 radical (unpaired) electrons. The highest BCUT2D eigenvalue weighted by Crippen LogP contribution is 2.35. The Labute approximate surface area is 538 Å². The summed E-state index contributed by atoms with van der Waals surface area (Å²) in [6.45, 7) is 1.95. The number of ether oxygens (including phenoxy) is 2. The van der Waals surface area contributed by atoms with E-state index in [1.54, 1.807) is 30.0 Å². The number of hydrogen-bond acceptors (Lipinski definition) is 26. The number of rotatable bonds is 22. The van der Waals surface area contributed by atoms with Gasteiger partial charge in [0.25, 0.3) is 18.2 Å². The molecule has 8 rings (SSSR count). The first kappa shape index (κ1) is 70.7. The van der Waals surface area contributed by atoms with E-state index in [9.17, 15) is 79.2 Å². The fraction of sp³-hybridized carbons (Fsp3) is 0.483. The number of phenolic OH excluding ortho intramolecular Hbond substituents is 1. The number of aliphatic hydroxyl groups excluding tert-OH is 7. The third-order valence-corrected chi connectivity index (χ3v) is 17.1. The maximum atomic E-state index is 14.7. The Balaban J connectivity index is 1.07. The summed E-state index contributed by atoms with van der Waals surface area (Å²) in [5.41, 5.74) is 6.94. The summed E-state index contributed by atoms with van der Waals surface area (Å²) >= 11 is 1.32. The normalized spacial score (nSPS) is 24.9. The van der Waals surface area contributed by atoms with E-state index < -0.39 is 183 Å². The number of unbranched alkanes of at least 4 members (excludes halogenated alkanes) is 2. The van der Waals surface area contributed by atoms with Gasteiger partial charge < -0.3 is 96.6 Å². The largest absolute Gasteiger partial charge is 0.504 e. The van der Waals surface area contributed by atoms with Crippen molar-refractivity contribution < 1.29 is 107 Å². The van der Waals surface area contributed by atoms with Crippen molar-refractivity contribution in [3.8, 4) is 39.1 Å². The molecule has 5 aromatic rings. The predicted molar refractivity (Wildman–Crippen MR) is 324 cm³/mol. The number of phenols is 1. The first-order valence-corrected chi connectivity index (χ1v) is 30.8. The Bertz CT molecular complexity index is 3420. The van der Waals surface area contributed by atoms with Crippen molar-refractivity contribution in [1.82, 2.24) is 51.0 Å². The van der Waals surface area contributed by atoms with Gasteiger partial charge in [-0.15, -0.1) is 0 Å². The lowest BCUT2D eigenvalue weighted by Gasteiger charge is -2.34. The van der Waals surface area contributed by atoms with E-state index in [1.165, 1.54) is 30.4 Å². The second kappa shape index (κ2) is 32.1. The number of β-amino-alcohol motifs (C(OH)–C–C–N with tert-alkyl or cyclic N) is 1. The summed E-state index contributed by atoms with van der Waals surface area (Å²) in [5, 5.41) is 119. The number of nitrogens with zero attached hydrogens (tertiary/aromatic N) is 5. The van der Waals surface area contributed by atoms with Crippen LogP contribution in [0, 0.1) is 5.92 Å². The zero-order valence-electron chi connectivity index (χ0n) is 50.3. The minimum atomic E-state index is -2.53. The summed E-state index contributed by atoms with van der Waals surface area (Å²) in [7, 11) is 1.67. The Kier molecular flexibility index (Phi) is 24.4. The third kappa shape index (κ3) is 17.6. The van der Waals surface area contributed by atoms with Crippen LogP contribution < -0.4 is 41.2 Å². The molecule has 0 spiro atoms. The van der Waals surface area contributed by atoms with Crippen molar-refractivity contribution >= 4 is 75.9 Å². The van der Waals surface area contributed by atoms with E-state index in [0.29, 0.717) is 34.4 Å². The van der Waals surface area contributed by atoms with Gasteiger partial charge in [0, 0.05) is 68.8 Å². The SMILES string of the molecule is COCCCCCOc1ccc(-c2nn3cc(-c4ccc(C(=O)N[C@H]5CC(O)CNC(=O)C6C(O)C(C)CN6C(=O)C(C(O)CC(N)=O)NC(=O)C(C(O)C(O)c6ccc(O)c(OSOOO)c6)NC(=O)C6CC(O)CN6C(=O)C(C(C)O)NC5=O)cc4)nc3s2)cc1. The van der Waals surface area contributed by atoms with Crippen molar-refractivity contribution in [2.24, 2.45) is 11.7 Å². The van der Waals surface area contributed by atoms with Gasteiger partial charge in [-0.2, -0.15) is 5.10 Å². The number of aliphatic hydroxyl groups is 7. The van der Waals surface area contributed by atoms with Crippen LogP contribution in [0.5, 0.6) is 17.2 Å². The molecule has 5 heterocycles. The highest BCUT2D eigenvalue weighted by Gasteiger charge is 2.50. The van der Waals surface area contributed by atoms with Gasteiger partial charge in [0.15, 0.2) is 11.5 Å². The molecule has 33 nitrogen and oxygen atoms in total. The lowest BCUT2D eigenvalue weighted by atomic mass is 9.96. The lowest BCUT2D eigenvalue weighted by molar-refractivity contribution is -0.433. The molecule has 14 atom stereocenters. The summed E-state index contributed by atoms with van der Waals surface area (Å²) in [4.78, 5) is 120. The maximum Gasteiger partial charge on any atom is 0.261 e. The first-order chi connectivity index (χ1) is 44.4. The van der Waals surface area contributed by atoms with Gasteiger partial charge in [-0.3, -0.25) is 38.4 Å². The number of aromatic nitrogens is 3. The van der Waals surface area contributed by atoms with E-state index in [0.717, 1.165) is 65.5 Å². The number of primary amides is 1. The van der Waals surface area contributed by atoms with Crippen LogP contribution in [0.25, 0.3) is 26.8 Å². The van der Waals surface area contributed by atoms with Crippen LogP contribution in [-0.2, 0) is 47.7 Å². The van der Waals surface area contributed by atoms with E-state index in [1.807, 2.05) is 24.3 Å². The molecule has 0 aliphatic carbocycles. The molecule has 3 fully saturated rings. The molecular weight excluding hydrogens is 1270 g/mol. The fourth-order valence-electron chi connectivity index (χ4n) is 10.8. The van der Waals surface area contributed by atoms with Crippen LogP contribution in [-0.4, -0.2) is 231 Å².